The molecule has 0 radical (unpaired) electrons. The first-order valence-corrected chi connectivity index (χ1v) is 8.72. The summed E-state index contributed by atoms with van der Waals surface area (Å²) in [5.74, 6) is 0.0968. The first-order valence-electron chi connectivity index (χ1n) is 7.92. The van der Waals surface area contributed by atoms with Crippen LogP contribution in [0.2, 0.25) is 0 Å². The van der Waals surface area contributed by atoms with E-state index in [0.29, 0.717) is 26.3 Å². The molecule has 23 heavy (non-hydrogen) atoms. The maximum atomic E-state index is 12.7. The minimum atomic E-state index is -0.439. The van der Waals surface area contributed by atoms with Gasteiger partial charge < -0.3 is 15.8 Å². The van der Waals surface area contributed by atoms with Gasteiger partial charge in [-0.2, -0.15) is 0 Å². The third-order valence-electron chi connectivity index (χ3n) is 5.20. The predicted octanol–water partition coefficient (Wildman–Crippen LogP) is 2.77. The first-order chi connectivity index (χ1) is 10.6. The van der Waals surface area contributed by atoms with Crippen LogP contribution in [-0.2, 0) is 14.9 Å². The fraction of sp³-hybridized carbons (Fsp3) is 0.588. The van der Waals surface area contributed by atoms with Crippen LogP contribution >= 0.6 is 28.3 Å². The Labute approximate surface area is 152 Å². The Kier molecular flexibility index (Phi) is 6.11. The van der Waals surface area contributed by atoms with Crippen LogP contribution < -0.4 is 11.1 Å². The highest BCUT2D eigenvalue weighted by molar-refractivity contribution is 9.10. The van der Waals surface area contributed by atoms with Gasteiger partial charge in [0.15, 0.2) is 0 Å². The van der Waals surface area contributed by atoms with E-state index in [2.05, 4.69) is 39.4 Å². The lowest BCUT2D eigenvalue weighted by atomic mass is 9.79. The quantitative estimate of drug-likeness (QED) is 0.794. The minimum Gasteiger partial charge on any atom is -0.381 e. The molecule has 0 unspecified atom stereocenters. The summed E-state index contributed by atoms with van der Waals surface area (Å²) in [6.07, 6.45) is 3.70. The van der Waals surface area contributed by atoms with Crippen LogP contribution in [0, 0.1) is 5.41 Å². The number of carbonyl (C=O) groups is 1. The lowest BCUT2D eigenvalue weighted by Gasteiger charge is -2.35. The van der Waals surface area contributed by atoms with Crippen molar-refractivity contribution in [1.29, 1.82) is 0 Å². The minimum absolute atomic E-state index is 0. The van der Waals surface area contributed by atoms with Gasteiger partial charge in [-0.3, -0.25) is 4.79 Å². The molecule has 4 nitrogen and oxygen atoms in total. The summed E-state index contributed by atoms with van der Waals surface area (Å²) in [6.45, 7) is 2.35. The standard InChI is InChI=1S/C17H23BrN2O2.ClH/c18-14-3-1-2-13(10-14)17(4-5-17)12-20-15(21)16(11-19)6-8-22-9-7-16;/h1-3,10H,4-9,11-12,19H2,(H,20,21);1H. The van der Waals surface area contributed by atoms with E-state index in [9.17, 15) is 4.79 Å². The summed E-state index contributed by atoms with van der Waals surface area (Å²) >= 11 is 3.53. The Morgan fingerprint density at radius 3 is 2.52 bits per heavy atom. The van der Waals surface area contributed by atoms with Crippen LogP contribution in [-0.4, -0.2) is 32.2 Å². The maximum absolute atomic E-state index is 12.7. The maximum Gasteiger partial charge on any atom is 0.227 e. The van der Waals surface area contributed by atoms with Crippen LogP contribution in [0.4, 0.5) is 0 Å². The number of amides is 1. The van der Waals surface area contributed by atoms with E-state index in [1.54, 1.807) is 0 Å². The zero-order chi connectivity index (χ0) is 15.6. The zero-order valence-electron chi connectivity index (χ0n) is 13.1. The third kappa shape index (κ3) is 3.90. The highest BCUT2D eigenvalue weighted by Gasteiger charge is 2.46. The average molecular weight is 404 g/mol. The van der Waals surface area contributed by atoms with Gasteiger partial charge in [-0.25, -0.2) is 0 Å². The lowest BCUT2D eigenvalue weighted by Crippen LogP contribution is -2.50. The van der Waals surface area contributed by atoms with Crippen molar-refractivity contribution in [3.63, 3.8) is 0 Å². The smallest absolute Gasteiger partial charge is 0.227 e. The summed E-state index contributed by atoms with van der Waals surface area (Å²) in [6, 6.07) is 8.40. The van der Waals surface area contributed by atoms with Gasteiger partial charge in [-0.1, -0.05) is 28.1 Å². The van der Waals surface area contributed by atoms with E-state index in [1.807, 2.05) is 6.07 Å². The Hall–Kier alpha value is -0.620. The number of ether oxygens (including phenoxy) is 1. The van der Waals surface area contributed by atoms with E-state index in [-0.39, 0.29) is 23.7 Å². The molecule has 0 spiro atoms. The average Bonchev–Trinajstić information content (AvgIpc) is 3.34. The molecule has 0 atom stereocenters. The van der Waals surface area contributed by atoms with Gasteiger partial charge in [0.2, 0.25) is 5.91 Å². The molecule has 1 aliphatic carbocycles. The van der Waals surface area contributed by atoms with Crippen molar-refractivity contribution in [2.45, 2.75) is 31.1 Å². The van der Waals surface area contributed by atoms with Crippen molar-refractivity contribution in [3.05, 3.63) is 34.3 Å². The summed E-state index contributed by atoms with van der Waals surface area (Å²) in [7, 11) is 0. The number of benzene rings is 1. The molecule has 2 fully saturated rings. The van der Waals surface area contributed by atoms with Crippen molar-refractivity contribution >= 4 is 34.2 Å². The molecule has 3 rings (SSSR count). The summed E-state index contributed by atoms with van der Waals surface area (Å²) in [4.78, 5) is 12.7. The second-order valence-electron chi connectivity index (χ2n) is 6.57. The van der Waals surface area contributed by atoms with Gasteiger partial charge in [-0.05, 0) is 43.4 Å². The summed E-state index contributed by atoms with van der Waals surface area (Å²) in [5, 5.41) is 3.18. The monoisotopic (exact) mass is 402 g/mol. The zero-order valence-corrected chi connectivity index (χ0v) is 15.5. The number of halogens is 2. The largest absolute Gasteiger partial charge is 0.381 e. The Morgan fingerprint density at radius 1 is 1.26 bits per heavy atom. The van der Waals surface area contributed by atoms with Gasteiger partial charge in [0.05, 0.1) is 5.41 Å². The molecule has 2 aliphatic rings. The Balaban J connectivity index is 0.00000192. The van der Waals surface area contributed by atoms with Gasteiger partial charge in [-0.15, -0.1) is 12.4 Å². The number of rotatable bonds is 5. The van der Waals surface area contributed by atoms with E-state index >= 15 is 0 Å². The fourth-order valence-corrected chi connectivity index (χ4v) is 3.66. The summed E-state index contributed by atoms with van der Waals surface area (Å²) in [5.41, 5.74) is 6.88. The van der Waals surface area contributed by atoms with Crippen LogP contribution in [0.1, 0.15) is 31.2 Å². The molecule has 0 bridgehead atoms. The molecule has 3 N–H and O–H groups in total. The van der Waals surface area contributed by atoms with Crippen LogP contribution in [0.5, 0.6) is 0 Å². The van der Waals surface area contributed by atoms with E-state index in [0.717, 1.165) is 30.2 Å². The third-order valence-corrected chi connectivity index (χ3v) is 5.69. The van der Waals surface area contributed by atoms with Crippen molar-refractivity contribution in [1.82, 2.24) is 5.32 Å². The van der Waals surface area contributed by atoms with Crippen molar-refractivity contribution < 1.29 is 9.53 Å². The second kappa shape index (κ2) is 7.51. The molecule has 0 aromatic heterocycles. The molecule has 1 aliphatic heterocycles. The summed E-state index contributed by atoms with van der Waals surface area (Å²) < 4.78 is 6.46. The highest BCUT2D eigenvalue weighted by atomic mass is 79.9. The van der Waals surface area contributed by atoms with E-state index in [4.69, 9.17) is 10.5 Å². The molecular weight excluding hydrogens is 380 g/mol. The molecule has 6 heteroatoms. The first kappa shape index (κ1) is 18.7. The number of nitrogens with one attached hydrogen (secondary N) is 1. The van der Waals surface area contributed by atoms with Gasteiger partial charge in [0.25, 0.3) is 0 Å². The number of carbonyl (C=O) groups excluding carboxylic acids is 1. The van der Waals surface area contributed by atoms with Crippen LogP contribution in [0.25, 0.3) is 0 Å². The SMILES string of the molecule is Cl.NCC1(C(=O)NCC2(c3cccc(Br)c3)CC2)CCOCC1. The fourth-order valence-electron chi connectivity index (χ4n) is 3.26. The highest BCUT2D eigenvalue weighted by Crippen LogP contribution is 2.48. The molecule has 1 heterocycles. The Bertz CT molecular complexity index is 557. The molecule has 1 saturated carbocycles. The van der Waals surface area contributed by atoms with E-state index in [1.165, 1.54) is 5.56 Å². The molecule has 1 aromatic carbocycles. The van der Waals surface area contributed by atoms with Crippen LogP contribution in [0.3, 0.4) is 0 Å². The molecule has 1 aromatic rings. The number of hydrogen-bond donors (Lipinski definition) is 2. The van der Waals surface area contributed by atoms with Gasteiger partial charge in [0.1, 0.15) is 0 Å². The molecule has 1 saturated heterocycles. The van der Waals surface area contributed by atoms with Gasteiger partial charge >= 0.3 is 0 Å². The van der Waals surface area contributed by atoms with Crippen LogP contribution in [0.15, 0.2) is 28.7 Å². The van der Waals surface area contributed by atoms with Crippen molar-refractivity contribution in [3.8, 4) is 0 Å². The van der Waals surface area contributed by atoms with Crippen molar-refractivity contribution in [2.24, 2.45) is 11.1 Å². The normalized spacial score (nSPS) is 21.1. The lowest BCUT2D eigenvalue weighted by molar-refractivity contribution is -0.136. The Morgan fingerprint density at radius 2 is 1.96 bits per heavy atom. The topological polar surface area (TPSA) is 64.4 Å². The number of nitrogens with two attached hydrogens (primary N) is 1. The molecular formula is C17H24BrClN2O2. The van der Waals surface area contributed by atoms with E-state index < -0.39 is 5.41 Å². The predicted molar refractivity (Wildman–Crippen MR) is 96.9 cm³/mol. The van der Waals surface area contributed by atoms with Gasteiger partial charge in [0, 0.05) is 36.2 Å². The van der Waals surface area contributed by atoms with Crippen molar-refractivity contribution in [2.75, 3.05) is 26.3 Å². The second-order valence-corrected chi connectivity index (χ2v) is 7.49. The molecule has 1 amide bonds. The number of hydrogen-bond acceptors (Lipinski definition) is 3. The molecule has 128 valence electrons.